The van der Waals surface area contributed by atoms with Gasteiger partial charge in [0.1, 0.15) is 10.7 Å². The minimum absolute atomic E-state index is 0.102. The predicted octanol–water partition coefficient (Wildman–Crippen LogP) is 2.02. The summed E-state index contributed by atoms with van der Waals surface area (Å²) < 4.78 is 27.2. The fourth-order valence-electron chi connectivity index (χ4n) is 1.72. The molecule has 2 rings (SSSR count). The van der Waals surface area contributed by atoms with Crippen LogP contribution in [0.4, 0.5) is 11.5 Å². The lowest BCUT2D eigenvalue weighted by Crippen LogP contribution is -2.16. The third-order valence-corrected chi connectivity index (χ3v) is 3.98. The first-order valence-corrected chi connectivity index (χ1v) is 7.64. The Bertz CT molecular complexity index is 701. The fraction of sp³-hybridized carbons (Fsp3) is 0.231. The van der Waals surface area contributed by atoms with Crippen LogP contribution in [0, 0.1) is 6.92 Å². The summed E-state index contributed by atoms with van der Waals surface area (Å²) in [6, 6.07) is 5.09. The summed E-state index contributed by atoms with van der Waals surface area (Å²) in [7, 11) is -3.72. The van der Waals surface area contributed by atoms with Gasteiger partial charge in [-0.15, -0.1) is 0 Å². The van der Waals surface area contributed by atoms with Gasteiger partial charge in [0.2, 0.25) is 0 Å². The highest BCUT2D eigenvalue weighted by Crippen LogP contribution is 2.21. The highest BCUT2D eigenvalue weighted by Gasteiger charge is 2.19. The van der Waals surface area contributed by atoms with Crippen LogP contribution in [0.15, 0.2) is 41.7 Å². The maximum Gasteiger partial charge on any atom is 0.266 e. The molecular formula is C13H16N4O2S. The Labute approximate surface area is 118 Å². The van der Waals surface area contributed by atoms with Gasteiger partial charge < -0.3 is 5.32 Å². The van der Waals surface area contributed by atoms with Gasteiger partial charge in [0, 0.05) is 25.1 Å². The summed E-state index contributed by atoms with van der Waals surface area (Å²) in [5.74, 6) is 0.288. The quantitative estimate of drug-likeness (QED) is 0.880. The van der Waals surface area contributed by atoms with Crippen LogP contribution in [0.3, 0.4) is 0 Å². The number of hydrogen-bond acceptors (Lipinski definition) is 5. The number of nitrogens with zero attached hydrogens (tertiary/aromatic N) is 2. The number of sulfonamides is 1. The molecule has 2 N–H and O–H groups in total. The Morgan fingerprint density at radius 3 is 2.75 bits per heavy atom. The summed E-state index contributed by atoms with van der Waals surface area (Å²) in [6.07, 6.45) is 4.42. The number of pyridine rings is 2. The molecule has 2 aromatic heterocycles. The molecule has 0 unspecified atom stereocenters. The molecule has 0 bridgehead atoms. The Morgan fingerprint density at radius 1 is 1.25 bits per heavy atom. The van der Waals surface area contributed by atoms with E-state index < -0.39 is 10.0 Å². The van der Waals surface area contributed by atoms with E-state index in [0.29, 0.717) is 12.2 Å². The second-order valence-electron chi connectivity index (χ2n) is 4.23. The van der Waals surface area contributed by atoms with Crippen molar-refractivity contribution in [1.82, 2.24) is 9.97 Å². The summed E-state index contributed by atoms with van der Waals surface area (Å²) in [5.41, 5.74) is 1.44. The molecule has 20 heavy (non-hydrogen) atoms. The highest BCUT2D eigenvalue weighted by atomic mass is 32.2. The molecule has 0 saturated carbocycles. The average molecular weight is 292 g/mol. The molecule has 0 radical (unpaired) electrons. The lowest BCUT2D eigenvalue weighted by molar-refractivity contribution is 0.601. The van der Waals surface area contributed by atoms with Crippen molar-refractivity contribution in [3.63, 3.8) is 0 Å². The zero-order chi connectivity index (χ0) is 14.6. The highest BCUT2D eigenvalue weighted by molar-refractivity contribution is 7.92. The smallest absolute Gasteiger partial charge is 0.266 e. The van der Waals surface area contributed by atoms with E-state index in [4.69, 9.17) is 0 Å². The van der Waals surface area contributed by atoms with E-state index in [2.05, 4.69) is 20.0 Å². The van der Waals surface area contributed by atoms with Gasteiger partial charge in [0.15, 0.2) is 0 Å². The molecule has 2 aromatic rings. The zero-order valence-corrected chi connectivity index (χ0v) is 12.1. The second kappa shape index (κ2) is 5.87. The molecule has 6 nitrogen and oxygen atoms in total. The van der Waals surface area contributed by atoms with E-state index in [1.165, 1.54) is 6.20 Å². The maximum absolute atomic E-state index is 12.4. The van der Waals surface area contributed by atoms with Gasteiger partial charge in [-0.3, -0.25) is 9.71 Å². The topological polar surface area (TPSA) is 84.0 Å². The second-order valence-corrected chi connectivity index (χ2v) is 5.88. The van der Waals surface area contributed by atoms with E-state index in [1.807, 2.05) is 13.8 Å². The van der Waals surface area contributed by atoms with Gasteiger partial charge in [-0.1, -0.05) is 0 Å². The SMILES string of the molecule is CCNc1ccncc1S(=O)(=O)Nc1cc(C)ccn1. The van der Waals surface area contributed by atoms with Crippen molar-refractivity contribution in [3.05, 3.63) is 42.4 Å². The van der Waals surface area contributed by atoms with Crippen molar-refractivity contribution >= 4 is 21.5 Å². The number of aryl methyl sites for hydroxylation is 1. The number of anilines is 2. The van der Waals surface area contributed by atoms with Crippen LogP contribution in [0.1, 0.15) is 12.5 Å². The Hall–Kier alpha value is -2.15. The lowest BCUT2D eigenvalue weighted by atomic mass is 10.3. The standard InChI is InChI=1S/C13H16N4O2S/c1-3-15-11-5-6-14-9-12(11)20(18,19)17-13-8-10(2)4-7-16-13/h4-9H,3H2,1-2H3,(H,14,15)(H,16,17). The number of nitrogens with one attached hydrogen (secondary N) is 2. The monoisotopic (exact) mass is 292 g/mol. The molecule has 0 amide bonds. The molecular weight excluding hydrogens is 276 g/mol. The lowest BCUT2D eigenvalue weighted by Gasteiger charge is -2.12. The number of rotatable bonds is 5. The molecule has 0 spiro atoms. The predicted molar refractivity (Wildman–Crippen MR) is 78.2 cm³/mol. The van der Waals surface area contributed by atoms with E-state index in [-0.39, 0.29) is 10.7 Å². The third kappa shape index (κ3) is 3.24. The van der Waals surface area contributed by atoms with E-state index in [9.17, 15) is 8.42 Å². The normalized spacial score (nSPS) is 11.1. The molecule has 2 heterocycles. The summed E-state index contributed by atoms with van der Waals surface area (Å²) >= 11 is 0. The van der Waals surface area contributed by atoms with Crippen molar-refractivity contribution in [2.24, 2.45) is 0 Å². The van der Waals surface area contributed by atoms with E-state index in [0.717, 1.165) is 5.56 Å². The summed E-state index contributed by atoms with van der Waals surface area (Å²) in [4.78, 5) is 7.97. The maximum atomic E-state index is 12.4. The van der Waals surface area contributed by atoms with Crippen LogP contribution in [0.5, 0.6) is 0 Å². The van der Waals surface area contributed by atoms with Gasteiger partial charge in [-0.25, -0.2) is 13.4 Å². The van der Waals surface area contributed by atoms with Crippen molar-refractivity contribution in [3.8, 4) is 0 Å². The van der Waals surface area contributed by atoms with Crippen LogP contribution in [-0.2, 0) is 10.0 Å². The van der Waals surface area contributed by atoms with Crippen molar-refractivity contribution < 1.29 is 8.42 Å². The van der Waals surface area contributed by atoms with Crippen LogP contribution >= 0.6 is 0 Å². The van der Waals surface area contributed by atoms with E-state index in [1.54, 1.807) is 30.6 Å². The van der Waals surface area contributed by atoms with Gasteiger partial charge in [-0.2, -0.15) is 0 Å². The first kappa shape index (κ1) is 14.3. The largest absolute Gasteiger partial charge is 0.384 e. The van der Waals surface area contributed by atoms with Crippen LogP contribution < -0.4 is 10.0 Å². The Morgan fingerprint density at radius 2 is 2.05 bits per heavy atom. The Balaban J connectivity index is 2.36. The van der Waals surface area contributed by atoms with Gasteiger partial charge in [-0.05, 0) is 37.6 Å². The summed E-state index contributed by atoms with van der Waals surface area (Å²) in [5, 5.41) is 3.00. The average Bonchev–Trinajstić information content (AvgIpc) is 2.39. The van der Waals surface area contributed by atoms with Crippen LogP contribution in [0.2, 0.25) is 0 Å². The van der Waals surface area contributed by atoms with Gasteiger partial charge in [0.05, 0.1) is 5.69 Å². The van der Waals surface area contributed by atoms with Crippen molar-refractivity contribution in [2.45, 2.75) is 18.7 Å². The molecule has 0 atom stereocenters. The molecule has 0 aliphatic rings. The summed E-state index contributed by atoms with van der Waals surface area (Å²) in [6.45, 7) is 4.38. The molecule has 0 saturated heterocycles. The Kier molecular flexibility index (Phi) is 4.19. The first-order chi connectivity index (χ1) is 9.53. The zero-order valence-electron chi connectivity index (χ0n) is 11.3. The third-order valence-electron chi connectivity index (χ3n) is 2.60. The number of aromatic nitrogens is 2. The molecule has 0 aromatic carbocycles. The van der Waals surface area contributed by atoms with Crippen LogP contribution in [0.25, 0.3) is 0 Å². The van der Waals surface area contributed by atoms with Gasteiger partial charge in [0.25, 0.3) is 10.0 Å². The minimum atomic E-state index is -3.72. The molecule has 0 fully saturated rings. The molecule has 0 aliphatic heterocycles. The molecule has 7 heteroatoms. The first-order valence-electron chi connectivity index (χ1n) is 6.16. The van der Waals surface area contributed by atoms with Gasteiger partial charge >= 0.3 is 0 Å². The molecule has 0 aliphatic carbocycles. The molecule has 106 valence electrons. The fourth-order valence-corrected chi connectivity index (χ4v) is 2.84. The van der Waals surface area contributed by atoms with E-state index >= 15 is 0 Å². The van der Waals surface area contributed by atoms with Crippen LogP contribution in [-0.4, -0.2) is 24.9 Å². The minimum Gasteiger partial charge on any atom is -0.384 e. The van der Waals surface area contributed by atoms with Crippen molar-refractivity contribution in [1.29, 1.82) is 0 Å². The van der Waals surface area contributed by atoms with Crippen molar-refractivity contribution in [2.75, 3.05) is 16.6 Å². The number of hydrogen-bond donors (Lipinski definition) is 2.